The highest BCUT2D eigenvalue weighted by molar-refractivity contribution is 5.75. The highest BCUT2D eigenvalue weighted by Gasteiger charge is 2.95. The third-order valence-corrected chi connectivity index (χ3v) is 8.10. The van der Waals surface area contributed by atoms with Crippen molar-refractivity contribution < 1.29 is 88.6 Å². The van der Waals surface area contributed by atoms with Crippen LogP contribution >= 0.6 is 0 Å². The summed E-state index contributed by atoms with van der Waals surface area (Å²) in [5.74, 6) is -64.4. The summed E-state index contributed by atoms with van der Waals surface area (Å²) in [6, 6.07) is 3.51. The molecule has 1 aromatic carbocycles. The fraction of sp³-hybridized carbons (Fsp3) is 0.750. The van der Waals surface area contributed by atoms with Gasteiger partial charge in [-0.2, -0.15) is 74.6 Å². The highest BCUT2D eigenvalue weighted by atomic mass is 19.4. The summed E-state index contributed by atoms with van der Waals surface area (Å²) in [6.07, 6.45) is -7.55. The van der Waals surface area contributed by atoms with E-state index in [0.29, 0.717) is 12.0 Å². The second-order valence-corrected chi connectivity index (χ2v) is 11.5. The Morgan fingerprint density at radius 1 is 0.646 bits per heavy atom. The molecule has 1 aliphatic rings. The van der Waals surface area contributed by atoms with Crippen LogP contribution in [0.4, 0.5) is 79.0 Å². The van der Waals surface area contributed by atoms with E-state index in [1.165, 1.54) is 6.07 Å². The number of carbonyl (C=O) groups is 1. The predicted octanol–water partition coefficient (Wildman–Crippen LogP) is 11.1. The minimum atomic E-state index is -8.69. The van der Waals surface area contributed by atoms with E-state index in [2.05, 4.69) is 0 Å². The number of ether oxygens (including phenoxy) is 1. The summed E-state index contributed by atoms with van der Waals surface area (Å²) in [7, 11) is 0. The van der Waals surface area contributed by atoms with Gasteiger partial charge in [0.1, 0.15) is 0 Å². The van der Waals surface area contributed by atoms with Gasteiger partial charge in [0.2, 0.25) is 0 Å². The molecule has 1 aromatic rings. The van der Waals surface area contributed by atoms with Crippen molar-refractivity contribution in [3.8, 4) is 5.75 Å². The molecule has 20 heteroatoms. The van der Waals surface area contributed by atoms with E-state index in [-0.39, 0.29) is 0 Å². The number of halogens is 18. The maximum atomic E-state index is 14.6. The normalized spacial score (nSPS) is 19.4. The molecule has 0 bridgehead atoms. The fourth-order valence-electron chi connectivity index (χ4n) is 5.03. The number of rotatable bonds is 15. The van der Waals surface area contributed by atoms with E-state index in [1.54, 1.807) is 0 Å². The third-order valence-electron chi connectivity index (χ3n) is 8.10. The predicted molar refractivity (Wildman–Crippen MR) is 131 cm³/mol. The van der Waals surface area contributed by atoms with E-state index in [0.717, 1.165) is 44.2 Å². The number of unbranched alkanes of at least 4 members (excludes halogenated alkanes) is 4. The Kier molecular flexibility index (Phi) is 12.1. The lowest BCUT2D eigenvalue weighted by atomic mass is 9.75. The maximum absolute atomic E-state index is 14.6. The molecule has 0 radical (unpaired) electrons. The second-order valence-electron chi connectivity index (χ2n) is 11.5. The number of esters is 1. The van der Waals surface area contributed by atoms with Gasteiger partial charge in [0.05, 0.1) is 5.92 Å². The first-order valence-corrected chi connectivity index (χ1v) is 14.3. The molecule has 278 valence electrons. The molecule has 0 heterocycles. The summed E-state index contributed by atoms with van der Waals surface area (Å²) < 4.78 is 250. The summed E-state index contributed by atoms with van der Waals surface area (Å²) in [5, 5.41) is 0. The molecule has 0 spiro atoms. The van der Waals surface area contributed by atoms with Crippen LogP contribution < -0.4 is 4.74 Å². The Morgan fingerprint density at radius 2 is 1.10 bits per heavy atom. The van der Waals surface area contributed by atoms with E-state index in [9.17, 15) is 83.8 Å². The number of benzene rings is 1. The zero-order chi connectivity index (χ0) is 37.4. The maximum Gasteiger partial charge on any atom is 0.460 e. The van der Waals surface area contributed by atoms with E-state index in [4.69, 9.17) is 4.74 Å². The van der Waals surface area contributed by atoms with Crippen molar-refractivity contribution in [1.82, 2.24) is 0 Å². The van der Waals surface area contributed by atoms with Crippen LogP contribution in [0, 0.1) is 17.7 Å². The van der Waals surface area contributed by atoms with Crippen molar-refractivity contribution in [2.24, 2.45) is 11.8 Å². The van der Waals surface area contributed by atoms with E-state index < -0.39 is 103 Å². The number of carbonyl (C=O) groups excluding carboxylic acids is 1. The van der Waals surface area contributed by atoms with Crippen molar-refractivity contribution in [1.29, 1.82) is 0 Å². The zero-order valence-corrected chi connectivity index (χ0v) is 24.6. The molecule has 1 aliphatic carbocycles. The molecule has 0 N–H and O–H groups in total. The Labute approximate surface area is 261 Å². The number of hydrogen-bond donors (Lipinski definition) is 0. The second kappa shape index (κ2) is 14.0. The topological polar surface area (TPSA) is 26.3 Å². The van der Waals surface area contributed by atoms with Crippen molar-refractivity contribution in [3.63, 3.8) is 0 Å². The Morgan fingerprint density at radius 3 is 1.56 bits per heavy atom. The van der Waals surface area contributed by atoms with Crippen LogP contribution in [0.3, 0.4) is 0 Å². The lowest BCUT2D eigenvalue weighted by Crippen LogP contribution is -2.75. The van der Waals surface area contributed by atoms with Gasteiger partial charge in [0.15, 0.2) is 11.6 Å². The monoisotopic (exact) mass is 738 g/mol. The van der Waals surface area contributed by atoms with Gasteiger partial charge in [-0.15, -0.1) is 0 Å². The SMILES string of the molecule is CCCCCCCc1ccc(OC(=O)[C@H]2CC[C@H](C(F)(F)C(F)(F)C(F)(F)C(F)(F)C(F)(F)C(F)(F)C(F)(F)C(F)(F)F)CC2)c(F)c1. The van der Waals surface area contributed by atoms with Crippen LogP contribution in [0.25, 0.3) is 0 Å². The molecule has 2 nitrogen and oxygen atoms in total. The van der Waals surface area contributed by atoms with Gasteiger partial charge in [0, 0.05) is 5.92 Å². The van der Waals surface area contributed by atoms with Gasteiger partial charge in [0.25, 0.3) is 0 Å². The molecule has 0 aromatic heterocycles. The molecule has 1 saturated carbocycles. The van der Waals surface area contributed by atoms with Crippen LogP contribution in [0.15, 0.2) is 18.2 Å². The van der Waals surface area contributed by atoms with Gasteiger partial charge in [-0.1, -0.05) is 38.7 Å². The van der Waals surface area contributed by atoms with E-state index in [1.807, 2.05) is 6.92 Å². The van der Waals surface area contributed by atoms with Gasteiger partial charge < -0.3 is 4.74 Å². The van der Waals surface area contributed by atoms with Gasteiger partial charge in [-0.3, -0.25) is 4.79 Å². The van der Waals surface area contributed by atoms with Gasteiger partial charge in [-0.25, -0.2) is 4.39 Å². The third kappa shape index (κ3) is 7.17. The summed E-state index contributed by atoms with van der Waals surface area (Å²) in [4.78, 5) is 12.4. The van der Waals surface area contributed by atoms with Crippen LogP contribution in [-0.4, -0.2) is 53.6 Å². The minimum absolute atomic E-state index is 0.475. The van der Waals surface area contributed by atoms with Crippen molar-refractivity contribution >= 4 is 5.97 Å². The van der Waals surface area contributed by atoms with Crippen LogP contribution in [0.2, 0.25) is 0 Å². The Balaban J connectivity index is 2.18. The number of hydrogen-bond acceptors (Lipinski definition) is 2. The van der Waals surface area contributed by atoms with Crippen LogP contribution in [0.5, 0.6) is 5.75 Å². The molecule has 0 unspecified atom stereocenters. The Hall–Kier alpha value is -2.57. The molecular formula is C28H28F18O2. The number of aryl methyl sites for hydroxylation is 1. The van der Waals surface area contributed by atoms with Crippen molar-refractivity contribution in [3.05, 3.63) is 29.6 Å². The summed E-state index contributed by atoms with van der Waals surface area (Å²) >= 11 is 0. The lowest BCUT2D eigenvalue weighted by molar-refractivity contribution is -0.463. The molecular weight excluding hydrogens is 710 g/mol. The first-order chi connectivity index (χ1) is 21.6. The fourth-order valence-corrected chi connectivity index (χ4v) is 5.03. The average molecular weight is 738 g/mol. The Bertz CT molecular complexity index is 1250. The molecule has 0 aliphatic heterocycles. The highest BCUT2D eigenvalue weighted by Crippen LogP contribution is 2.65. The molecule has 0 saturated heterocycles. The molecule has 1 fully saturated rings. The molecule has 0 atom stereocenters. The minimum Gasteiger partial charge on any atom is -0.423 e. The number of alkyl halides is 17. The molecule has 48 heavy (non-hydrogen) atoms. The zero-order valence-electron chi connectivity index (χ0n) is 24.6. The largest absolute Gasteiger partial charge is 0.460 e. The quantitative estimate of drug-likeness (QED) is 0.0775. The first-order valence-electron chi connectivity index (χ1n) is 14.3. The van der Waals surface area contributed by atoms with Gasteiger partial charge in [-0.05, 0) is 56.2 Å². The van der Waals surface area contributed by atoms with Gasteiger partial charge >= 0.3 is 53.6 Å². The lowest BCUT2D eigenvalue weighted by Gasteiger charge is -2.44. The van der Waals surface area contributed by atoms with Crippen LogP contribution in [-0.2, 0) is 11.2 Å². The standard InChI is InChI=1S/C28H28F18O2/c1-2-3-4-5-6-7-15-8-13-19(18(29)14-15)48-20(47)16-9-11-17(12-10-16)21(30,31)22(32,33)23(34,35)24(36,37)25(38,39)26(40,41)27(42,43)28(44,45)46/h8,13-14,16-17H,2-7,9-12H2,1H3/t16-,17-. The molecule has 0 amide bonds. The summed E-state index contributed by atoms with van der Waals surface area (Å²) in [5.41, 5.74) is 0.533. The first kappa shape index (κ1) is 41.6. The van der Waals surface area contributed by atoms with Crippen molar-refractivity contribution in [2.75, 3.05) is 0 Å². The van der Waals surface area contributed by atoms with Crippen LogP contribution in [0.1, 0.15) is 70.3 Å². The molecule has 2 rings (SSSR count). The average Bonchev–Trinajstić information content (AvgIpc) is 2.97. The summed E-state index contributed by atoms with van der Waals surface area (Å²) in [6.45, 7) is 2.01. The van der Waals surface area contributed by atoms with Crippen molar-refractivity contribution in [2.45, 2.75) is 119 Å². The van der Waals surface area contributed by atoms with E-state index >= 15 is 0 Å². The smallest absolute Gasteiger partial charge is 0.423 e.